The molecule has 1 saturated heterocycles. The summed E-state index contributed by atoms with van der Waals surface area (Å²) in [7, 11) is 1.53. The van der Waals surface area contributed by atoms with E-state index in [-0.39, 0.29) is 27.3 Å². The summed E-state index contributed by atoms with van der Waals surface area (Å²) in [6, 6.07) is 9.05. The number of aromatic amines is 1. The smallest absolute Gasteiger partial charge is 0.348 e. The minimum absolute atomic E-state index is 0.149. The Hall–Kier alpha value is -3.12. The summed E-state index contributed by atoms with van der Waals surface area (Å²) in [5, 5.41) is 16.5. The third-order valence-electron chi connectivity index (χ3n) is 6.68. The van der Waals surface area contributed by atoms with Crippen molar-refractivity contribution in [3.05, 3.63) is 67.9 Å². The number of aromatic nitrogens is 2. The zero-order chi connectivity index (χ0) is 28.5. The quantitative estimate of drug-likeness (QED) is 0.302. The second-order valence-corrected chi connectivity index (χ2v) is 11.5. The van der Waals surface area contributed by atoms with Gasteiger partial charge in [0.2, 0.25) is 0 Å². The maximum Gasteiger partial charge on any atom is 0.348 e. The fraction of sp³-hybridized carbons (Fsp3) is 0.385. The number of aryl methyl sites for hydroxylation is 1. The molecule has 2 aromatic heterocycles. The van der Waals surface area contributed by atoms with Crippen LogP contribution in [0.25, 0.3) is 0 Å². The number of carbonyl (C=O) groups is 3. The number of carboxylic acids is 1. The van der Waals surface area contributed by atoms with Crippen LogP contribution in [0.5, 0.6) is 0 Å². The Kier molecular flexibility index (Phi) is 8.55. The molecule has 4 rings (SSSR count). The molecular weight excluding hydrogens is 565 g/mol. The number of amides is 2. The van der Waals surface area contributed by atoms with Crippen LogP contribution in [-0.4, -0.2) is 65.2 Å². The van der Waals surface area contributed by atoms with E-state index in [1.54, 1.807) is 6.92 Å². The molecule has 0 aliphatic carbocycles. The topological polar surface area (TPSA) is 137 Å². The first-order valence-electron chi connectivity index (χ1n) is 12.2. The second kappa shape index (κ2) is 11.5. The summed E-state index contributed by atoms with van der Waals surface area (Å²) < 4.78 is 5.65. The average Bonchev–Trinajstić information content (AvgIpc) is 3.47. The molecule has 0 saturated carbocycles. The van der Waals surface area contributed by atoms with Crippen molar-refractivity contribution in [2.45, 2.75) is 44.9 Å². The summed E-state index contributed by atoms with van der Waals surface area (Å²) in [4.78, 5) is 47.1. The SMILES string of the molecule is COC1CN(c2nc(C(=O)NC(C)(C)c3ccccc3)c(C(=O)O)s2)CCC1NC(=O)c1[nH]c(C)c(Cl)c1Cl. The molecule has 2 amide bonds. The van der Waals surface area contributed by atoms with E-state index in [2.05, 4.69) is 20.6 Å². The Balaban J connectivity index is 1.49. The first-order valence-corrected chi connectivity index (χ1v) is 13.7. The van der Waals surface area contributed by atoms with Gasteiger partial charge in [0.05, 0.1) is 27.7 Å². The summed E-state index contributed by atoms with van der Waals surface area (Å²) in [6.07, 6.45) is 0.0549. The number of aromatic carboxylic acids is 1. The molecule has 3 aromatic rings. The lowest BCUT2D eigenvalue weighted by atomic mass is 9.94. The minimum atomic E-state index is -1.23. The molecule has 0 bridgehead atoms. The van der Waals surface area contributed by atoms with Crippen LogP contribution in [0.15, 0.2) is 30.3 Å². The zero-order valence-corrected chi connectivity index (χ0v) is 24.1. The Morgan fingerprint density at radius 1 is 1.18 bits per heavy atom. The minimum Gasteiger partial charge on any atom is -0.477 e. The predicted molar refractivity (Wildman–Crippen MR) is 150 cm³/mol. The third-order valence-corrected chi connectivity index (χ3v) is 8.73. The summed E-state index contributed by atoms with van der Waals surface area (Å²) >= 11 is 13.2. The van der Waals surface area contributed by atoms with Gasteiger partial charge in [0, 0.05) is 25.9 Å². The van der Waals surface area contributed by atoms with Crippen LogP contribution >= 0.6 is 34.5 Å². The number of H-pyrrole nitrogens is 1. The van der Waals surface area contributed by atoms with Crippen molar-refractivity contribution in [1.82, 2.24) is 20.6 Å². The number of piperidine rings is 1. The summed E-state index contributed by atoms with van der Waals surface area (Å²) in [5.41, 5.74) is 0.743. The van der Waals surface area contributed by atoms with Crippen LogP contribution in [0.1, 0.15) is 62.2 Å². The number of carboxylic acid groups (broad SMARTS) is 1. The van der Waals surface area contributed by atoms with Gasteiger partial charge in [0.1, 0.15) is 10.6 Å². The number of hydrogen-bond acceptors (Lipinski definition) is 7. The number of benzene rings is 1. The van der Waals surface area contributed by atoms with Crippen molar-refractivity contribution in [1.29, 1.82) is 0 Å². The maximum atomic E-state index is 13.2. The van der Waals surface area contributed by atoms with E-state index in [0.29, 0.717) is 35.4 Å². The van der Waals surface area contributed by atoms with Gasteiger partial charge in [-0.1, -0.05) is 64.9 Å². The molecule has 0 radical (unpaired) electrons. The predicted octanol–water partition coefficient (Wildman–Crippen LogP) is 4.47. The normalized spacial score (nSPS) is 17.6. The lowest BCUT2D eigenvalue weighted by Gasteiger charge is -2.37. The number of nitrogens with one attached hydrogen (secondary N) is 3. The molecule has 1 aromatic carbocycles. The van der Waals surface area contributed by atoms with Crippen molar-refractivity contribution in [2.75, 3.05) is 25.1 Å². The van der Waals surface area contributed by atoms with Gasteiger partial charge in [-0.05, 0) is 32.8 Å². The van der Waals surface area contributed by atoms with Gasteiger partial charge in [0.25, 0.3) is 11.8 Å². The fourth-order valence-corrected chi connectivity index (χ4v) is 5.83. The highest BCUT2D eigenvalue weighted by atomic mass is 35.5. The molecule has 2 unspecified atom stereocenters. The molecule has 1 fully saturated rings. The van der Waals surface area contributed by atoms with Gasteiger partial charge >= 0.3 is 5.97 Å². The van der Waals surface area contributed by atoms with E-state index in [9.17, 15) is 19.5 Å². The Bertz CT molecular complexity index is 1390. The number of thiazole rings is 1. The van der Waals surface area contributed by atoms with E-state index in [1.807, 2.05) is 49.1 Å². The maximum absolute atomic E-state index is 13.2. The molecule has 208 valence electrons. The fourth-order valence-electron chi connectivity index (χ4n) is 4.48. The van der Waals surface area contributed by atoms with Crippen LogP contribution in [0.2, 0.25) is 10.0 Å². The monoisotopic (exact) mass is 593 g/mol. The third kappa shape index (κ3) is 6.06. The largest absolute Gasteiger partial charge is 0.477 e. The van der Waals surface area contributed by atoms with Crippen molar-refractivity contribution in [2.24, 2.45) is 0 Å². The van der Waals surface area contributed by atoms with E-state index in [1.165, 1.54) is 7.11 Å². The van der Waals surface area contributed by atoms with E-state index in [4.69, 9.17) is 27.9 Å². The average molecular weight is 595 g/mol. The molecule has 4 N–H and O–H groups in total. The highest BCUT2D eigenvalue weighted by Crippen LogP contribution is 2.32. The number of halogens is 2. The number of anilines is 1. The van der Waals surface area contributed by atoms with Gasteiger partial charge in [0.15, 0.2) is 10.8 Å². The van der Waals surface area contributed by atoms with Crippen molar-refractivity contribution in [3.8, 4) is 0 Å². The molecule has 13 heteroatoms. The highest BCUT2D eigenvalue weighted by Gasteiger charge is 2.35. The van der Waals surface area contributed by atoms with E-state index >= 15 is 0 Å². The van der Waals surface area contributed by atoms with Crippen LogP contribution in [0.4, 0.5) is 5.13 Å². The number of ether oxygens (including phenoxy) is 1. The van der Waals surface area contributed by atoms with Crippen molar-refractivity contribution >= 4 is 57.5 Å². The molecule has 10 nitrogen and oxygen atoms in total. The van der Waals surface area contributed by atoms with Crippen LogP contribution in [0, 0.1) is 6.92 Å². The molecule has 1 aliphatic heterocycles. The molecule has 39 heavy (non-hydrogen) atoms. The summed E-state index contributed by atoms with van der Waals surface area (Å²) in [6.45, 7) is 6.17. The Labute approximate surface area is 239 Å². The number of hydrogen-bond donors (Lipinski definition) is 4. The van der Waals surface area contributed by atoms with Crippen LogP contribution in [-0.2, 0) is 10.3 Å². The lowest BCUT2D eigenvalue weighted by Crippen LogP contribution is -2.55. The molecular formula is C26H29Cl2N5O5S. The zero-order valence-electron chi connectivity index (χ0n) is 21.8. The van der Waals surface area contributed by atoms with Crippen molar-refractivity contribution in [3.63, 3.8) is 0 Å². The number of nitrogens with zero attached hydrogens (tertiary/aromatic N) is 2. The van der Waals surface area contributed by atoms with Gasteiger partial charge in [-0.3, -0.25) is 9.59 Å². The van der Waals surface area contributed by atoms with Gasteiger partial charge < -0.3 is 30.4 Å². The highest BCUT2D eigenvalue weighted by molar-refractivity contribution is 7.17. The van der Waals surface area contributed by atoms with E-state index in [0.717, 1.165) is 16.9 Å². The number of carbonyl (C=O) groups excluding carboxylic acids is 2. The van der Waals surface area contributed by atoms with Gasteiger partial charge in [-0.2, -0.15) is 0 Å². The standard InChI is InChI=1S/C26H29Cl2N5O5S/c1-13-17(27)18(28)19(29-13)22(34)30-15-10-11-33(12-16(15)38-4)25-31-20(21(39-25)24(36)37)23(35)32-26(2,3)14-8-6-5-7-9-14/h5-9,15-16,29H,10-12H2,1-4H3,(H,30,34)(H,32,35)(H,36,37). The number of methoxy groups -OCH3 is 1. The molecule has 2 atom stereocenters. The summed E-state index contributed by atoms with van der Waals surface area (Å²) in [5.74, 6) is -2.22. The first-order chi connectivity index (χ1) is 18.4. The van der Waals surface area contributed by atoms with Crippen LogP contribution < -0.4 is 15.5 Å². The van der Waals surface area contributed by atoms with Gasteiger partial charge in [-0.15, -0.1) is 0 Å². The second-order valence-electron chi connectivity index (χ2n) is 9.77. The lowest BCUT2D eigenvalue weighted by molar-refractivity contribution is 0.0540. The van der Waals surface area contributed by atoms with Gasteiger partial charge in [-0.25, -0.2) is 9.78 Å². The molecule has 0 spiro atoms. The van der Waals surface area contributed by atoms with Crippen LogP contribution in [0.3, 0.4) is 0 Å². The first kappa shape index (κ1) is 28.9. The Morgan fingerprint density at radius 3 is 2.46 bits per heavy atom. The van der Waals surface area contributed by atoms with E-state index < -0.39 is 29.4 Å². The Morgan fingerprint density at radius 2 is 1.87 bits per heavy atom. The molecule has 3 heterocycles. The number of rotatable bonds is 8. The molecule has 1 aliphatic rings. The van der Waals surface area contributed by atoms with Crippen molar-refractivity contribution < 1.29 is 24.2 Å².